The molecule has 3 nitrogen and oxygen atoms in total. The van der Waals surface area contributed by atoms with E-state index in [-0.39, 0.29) is 17.0 Å². The van der Waals surface area contributed by atoms with E-state index < -0.39 is 0 Å². The molecule has 1 unspecified atom stereocenters. The second kappa shape index (κ2) is 7.04. The Morgan fingerprint density at radius 3 is 2.15 bits per heavy atom. The van der Waals surface area contributed by atoms with E-state index in [9.17, 15) is 4.79 Å². The van der Waals surface area contributed by atoms with Crippen LogP contribution in [0, 0.1) is 11.3 Å². The van der Waals surface area contributed by atoms with Gasteiger partial charge in [0.1, 0.15) is 0 Å². The minimum absolute atomic E-state index is 0.0265. The molecular formula is C17H33NO2. The van der Waals surface area contributed by atoms with Gasteiger partial charge in [0, 0.05) is 24.2 Å². The van der Waals surface area contributed by atoms with Gasteiger partial charge in [0.05, 0.1) is 6.04 Å². The number of hydrogen-bond donors (Lipinski definition) is 1. The summed E-state index contributed by atoms with van der Waals surface area (Å²) in [5.41, 5.74) is -0.306. The summed E-state index contributed by atoms with van der Waals surface area (Å²) in [6.45, 7) is 14.2. The van der Waals surface area contributed by atoms with Crippen LogP contribution in [0.2, 0.25) is 0 Å². The Morgan fingerprint density at radius 2 is 1.70 bits per heavy atom. The second-order valence-corrected chi connectivity index (χ2v) is 8.19. The molecule has 0 aromatic carbocycles. The first-order chi connectivity index (χ1) is 9.09. The molecule has 0 radical (unpaired) electrons. The minimum atomic E-state index is -0.279. The molecule has 1 saturated heterocycles. The molecule has 20 heavy (non-hydrogen) atoms. The molecule has 3 heteroatoms. The van der Waals surface area contributed by atoms with Crippen molar-refractivity contribution in [1.82, 2.24) is 5.32 Å². The molecule has 1 heterocycles. The van der Waals surface area contributed by atoms with Crippen LogP contribution in [0.4, 0.5) is 0 Å². The summed E-state index contributed by atoms with van der Waals surface area (Å²) in [5, 5.41) is 3.52. The lowest BCUT2D eigenvalue weighted by Gasteiger charge is -2.33. The lowest BCUT2D eigenvalue weighted by Crippen LogP contribution is -2.51. The van der Waals surface area contributed by atoms with Crippen LogP contribution in [-0.2, 0) is 9.53 Å². The number of carbonyl (C=O) groups is 1. The van der Waals surface area contributed by atoms with Gasteiger partial charge in [-0.05, 0) is 52.4 Å². The van der Waals surface area contributed by atoms with Crippen molar-refractivity contribution in [2.75, 3.05) is 13.2 Å². The van der Waals surface area contributed by atoms with Gasteiger partial charge in [0.25, 0.3) is 0 Å². The van der Waals surface area contributed by atoms with Crippen LogP contribution in [0.1, 0.15) is 67.2 Å². The summed E-state index contributed by atoms with van der Waals surface area (Å²) in [7, 11) is 0. The monoisotopic (exact) mass is 283 g/mol. The topological polar surface area (TPSA) is 38.3 Å². The summed E-state index contributed by atoms with van der Waals surface area (Å²) in [6, 6.07) is -0.0298. The van der Waals surface area contributed by atoms with Crippen molar-refractivity contribution < 1.29 is 9.53 Å². The summed E-state index contributed by atoms with van der Waals surface area (Å²) in [6.07, 6.45) is 4.36. The Bertz CT molecular complexity index is 306. The highest BCUT2D eigenvalue weighted by Gasteiger charge is 2.32. The minimum Gasteiger partial charge on any atom is -0.381 e. The van der Waals surface area contributed by atoms with Gasteiger partial charge >= 0.3 is 0 Å². The lowest BCUT2D eigenvalue weighted by molar-refractivity contribution is -0.129. The van der Waals surface area contributed by atoms with Crippen molar-refractivity contribution in [1.29, 1.82) is 0 Å². The number of ketones is 1. The Hall–Kier alpha value is -0.410. The predicted molar refractivity (Wildman–Crippen MR) is 83.9 cm³/mol. The fraction of sp³-hybridized carbons (Fsp3) is 0.941. The van der Waals surface area contributed by atoms with E-state index in [1.165, 1.54) is 0 Å². The molecule has 118 valence electrons. The van der Waals surface area contributed by atoms with E-state index >= 15 is 0 Å². The Morgan fingerprint density at radius 1 is 1.15 bits per heavy atom. The lowest BCUT2D eigenvalue weighted by atomic mass is 9.82. The molecule has 1 aliphatic heterocycles. The first kappa shape index (κ1) is 17.6. The molecule has 0 bridgehead atoms. The van der Waals surface area contributed by atoms with Gasteiger partial charge in [0.2, 0.25) is 0 Å². The number of carbonyl (C=O) groups excluding carboxylic acids is 1. The van der Waals surface area contributed by atoms with Crippen molar-refractivity contribution in [3.05, 3.63) is 0 Å². The number of rotatable bonds is 5. The third-order valence-electron chi connectivity index (χ3n) is 3.87. The molecule has 0 amide bonds. The fourth-order valence-corrected chi connectivity index (χ4v) is 2.75. The Balaban J connectivity index is 2.60. The van der Waals surface area contributed by atoms with E-state index in [1.54, 1.807) is 0 Å². The second-order valence-electron chi connectivity index (χ2n) is 8.19. The first-order valence-corrected chi connectivity index (χ1v) is 7.99. The molecule has 0 aromatic rings. The zero-order valence-electron chi connectivity index (χ0n) is 14.2. The maximum atomic E-state index is 12.6. The van der Waals surface area contributed by atoms with Gasteiger partial charge in [0.15, 0.2) is 5.78 Å². The van der Waals surface area contributed by atoms with Crippen LogP contribution in [-0.4, -0.2) is 30.6 Å². The van der Waals surface area contributed by atoms with Crippen LogP contribution in [0.25, 0.3) is 0 Å². The number of hydrogen-bond acceptors (Lipinski definition) is 3. The highest BCUT2D eigenvalue weighted by molar-refractivity contribution is 5.88. The van der Waals surface area contributed by atoms with Crippen LogP contribution in [0.15, 0.2) is 0 Å². The maximum absolute atomic E-state index is 12.6. The number of ether oxygens (including phenoxy) is 1. The van der Waals surface area contributed by atoms with Crippen molar-refractivity contribution in [2.45, 2.75) is 78.8 Å². The summed E-state index contributed by atoms with van der Waals surface area (Å²) in [5.74, 6) is 1.06. The fourth-order valence-electron chi connectivity index (χ4n) is 2.75. The van der Waals surface area contributed by atoms with E-state index in [1.807, 2.05) is 20.8 Å². The zero-order valence-corrected chi connectivity index (χ0v) is 14.2. The number of Topliss-reactive ketones (excluding diaryl/α,β-unsaturated/α-hetero) is 1. The zero-order chi connectivity index (χ0) is 15.4. The first-order valence-electron chi connectivity index (χ1n) is 7.99. The van der Waals surface area contributed by atoms with Gasteiger partial charge in [-0.1, -0.05) is 20.8 Å². The molecule has 1 N–H and O–H groups in total. The summed E-state index contributed by atoms with van der Waals surface area (Å²) >= 11 is 0. The van der Waals surface area contributed by atoms with Gasteiger partial charge in [-0.3, -0.25) is 4.79 Å². The SMILES string of the molecule is CC(C)(C)NC(CCC1CCOCC1)C(=O)C(C)(C)C. The van der Waals surface area contributed by atoms with Crippen molar-refractivity contribution in [3.63, 3.8) is 0 Å². The van der Waals surface area contributed by atoms with Crippen LogP contribution in [0.3, 0.4) is 0 Å². The molecule has 0 spiro atoms. The van der Waals surface area contributed by atoms with Crippen LogP contribution >= 0.6 is 0 Å². The highest BCUT2D eigenvalue weighted by atomic mass is 16.5. The third kappa shape index (κ3) is 6.36. The molecule has 0 saturated carbocycles. The van der Waals surface area contributed by atoms with Gasteiger partial charge in [-0.25, -0.2) is 0 Å². The molecule has 0 aliphatic carbocycles. The molecule has 0 aromatic heterocycles. The third-order valence-corrected chi connectivity index (χ3v) is 3.87. The normalized spacial score (nSPS) is 19.9. The standard InChI is InChI=1S/C17H33NO2/c1-16(2,3)15(19)14(18-17(4,5)6)8-7-13-9-11-20-12-10-13/h13-14,18H,7-12H2,1-6H3. The summed E-state index contributed by atoms with van der Waals surface area (Å²) in [4.78, 5) is 12.6. The number of nitrogens with one attached hydrogen (secondary N) is 1. The molecular weight excluding hydrogens is 250 g/mol. The Kier molecular flexibility index (Phi) is 6.21. The molecule has 1 rings (SSSR count). The predicted octanol–water partition coefficient (Wildman–Crippen LogP) is 3.57. The van der Waals surface area contributed by atoms with Crippen molar-refractivity contribution >= 4 is 5.78 Å². The van der Waals surface area contributed by atoms with E-state index in [0.717, 1.165) is 44.8 Å². The molecule has 1 atom stereocenters. The Labute approximate surface area is 124 Å². The summed E-state index contributed by atoms with van der Waals surface area (Å²) < 4.78 is 5.41. The largest absolute Gasteiger partial charge is 0.381 e. The van der Waals surface area contributed by atoms with E-state index in [2.05, 4.69) is 26.1 Å². The van der Waals surface area contributed by atoms with Gasteiger partial charge in [-0.15, -0.1) is 0 Å². The molecule has 1 aliphatic rings. The van der Waals surface area contributed by atoms with E-state index in [4.69, 9.17) is 4.74 Å². The highest BCUT2D eigenvalue weighted by Crippen LogP contribution is 2.25. The average Bonchev–Trinajstić information content (AvgIpc) is 2.32. The van der Waals surface area contributed by atoms with Crippen LogP contribution in [0.5, 0.6) is 0 Å². The van der Waals surface area contributed by atoms with E-state index in [0.29, 0.717) is 5.78 Å². The van der Waals surface area contributed by atoms with Crippen LogP contribution < -0.4 is 5.32 Å². The quantitative estimate of drug-likeness (QED) is 0.838. The van der Waals surface area contributed by atoms with Gasteiger partial charge in [-0.2, -0.15) is 0 Å². The average molecular weight is 283 g/mol. The van der Waals surface area contributed by atoms with Crippen molar-refractivity contribution in [3.8, 4) is 0 Å². The van der Waals surface area contributed by atoms with Crippen molar-refractivity contribution in [2.24, 2.45) is 11.3 Å². The maximum Gasteiger partial charge on any atom is 0.155 e. The smallest absolute Gasteiger partial charge is 0.155 e. The van der Waals surface area contributed by atoms with Gasteiger partial charge < -0.3 is 10.1 Å². The molecule has 1 fully saturated rings.